The Morgan fingerprint density at radius 3 is 2.90 bits per heavy atom. The fraction of sp³-hybridized carbons (Fsp3) is 0.588. The third-order valence-electron chi connectivity index (χ3n) is 4.34. The van der Waals surface area contributed by atoms with Crippen LogP contribution in [0.15, 0.2) is 23.7 Å². The van der Waals surface area contributed by atoms with Crippen LogP contribution in [0.1, 0.15) is 55.6 Å². The van der Waals surface area contributed by atoms with Crippen LogP contribution in [0.25, 0.3) is 0 Å². The van der Waals surface area contributed by atoms with E-state index in [4.69, 9.17) is 4.98 Å². The molecule has 1 fully saturated rings. The van der Waals surface area contributed by atoms with Crippen LogP contribution in [0, 0.1) is 6.92 Å². The fourth-order valence-corrected chi connectivity index (χ4v) is 4.03. The number of aryl methyl sites for hydroxylation is 1. The summed E-state index contributed by atoms with van der Waals surface area (Å²) < 4.78 is 2.32. The van der Waals surface area contributed by atoms with Gasteiger partial charge in [0.2, 0.25) is 5.95 Å². The van der Waals surface area contributed by atoms with Gasteiger partial charge in [-0.15, -0.1) is 11.3 Å². The van der Waals surface area contributed by atoms with E-state index in [1.165, 1.54) is 37.0 Å². The zero-order chi connectivity index (χ0) is 14.7. The molecule has 114 valence electrons. The molecular formula is C17H25N3S. The van der Waals surface area contributed by atoms with Gasteiger partial charge in [0.1, 0.15) is 0 Å². The van der Waals surface area contributed by atoms with Gasteiger partial charge in [0.25, 0.3) is 0 Å². The van der Waals surface area contributed by atoms with Crippen molar-refractivity contribution in [2.75, 3.05) is 5.32 Å². The maximum absolute atomic E-state index is 4.71. The molecule has 1 aliphatic rings. The monoisotopic (exact) mass is 303 g/mol. The number of nitrogens with zero attached hydrogens (tertiary/aromatic N) is 2. The van der Waals surface area contributed by atoms with E-state index in [2.05, 4.69) is 47.4 Å². The molecule has 1 aliphatic carbocycles. The lowest BCUT2D eigenvalue weighted by Crippen LogP contribution is -2.25. The molecule has 0 saturated heterocycles. The van der Waals surface area contributed by atoms with Crippen molar-refractivity contribution in [1.82, 2.24) is 9.55 Å². The van der Waals surface area contributed by atoms with E-state index >= 15 is 0 Å². The molecule has 0 radical (unpaired) electrons. The molecule has 1 atom stereocenters. The van der Waals surface area contributed by atoms with Crippen molar-refractivity contribution in [3.05, 3.63) is 34.3 Å². The molecule has 0 aromatic carbocycles. The number of rotatable bonds is 5. The first-order valence-corrected chi connectivity index (χ1v) is 8.95. The van der Waals surface area contributed by atoms with E-state index in [1.807, 2.05) is 11.3 Å². The van der Waals surface area contributed by atoms with E-state index in [0.717, 1.165) is 18.1 Å². The van der Waals surface area contributed by atoms with Crippen molar-refractivity contribution in [1.29, 1.82) is 0 Å². The largest absolute Gasteiger partial charge is 0.353 e. The van der Waals surface area contributed by atoms with Gasteiger partial charge in [-0.3, -0.25) is 0 Å². The van der Waals surface area contributed by atoms with Gasteiger partial charge >= 0.3 is 0 Å². The number of hydrogen-bond donors (Lipinski definition) is 1. The van der Waals surface area contributed by atoms with Crippen LogP contribution in [0.5, 0.6) is 0 Å². The lowest BCUT2D eigenvalue weighted by Gasteiger charge is -2.25. The van der Waals surface area contributed by atoms with E-state index in [1.54, 1.807) is 0 Å². The molecule has 0 spiro atoms. The molecule has 3 nitrogen and oxygen atoms in total. The van der Waals surface area contributed by atoms with Gasteiger partial charge in [-0.2, -0.15) is 0 Å². The highest BCUT2D eigenvalue weighted by Crippen LogP contribution is 2.25. The van der Waals surface area contributed by atoms with Crippen molar-refractivity contribution in [3.8, 4) is 0 Å². The van der Waals surface area contributed by atoms with E-state index < -0.39 is 0 Å². The lowest BCUT2D eigenvalue weighted by atomic mass is 9.96. The third-order valence-corrected chi connectivity index (χ3v) is 5.24. The smallest absolute Gasteiger partial charge is 0.203 e. The summed E-state index contributed by atoms with van der Waals surface area (Å²) in [5, 5.41) is 5.84. The zero-order valence-electron chi connectivity index (χ0n) is 13.0. The predicted octanol–water partition coefficient (Wildman–Crippen LogP) is 4.80. The Morgan fingerprint density at radius 2 is 2.19 bits per heavy atom. The van der Waals surface area contributed by atoms with Gasteiger partial charge in [-0.05, 0) is 38.1 Å². The number of thiophene rings is 1. The SMILES string of the molecule is Cc1cn(C(C)Cc2cccs2)c(NC2CCCCC2)n1. The second-order valence-electron chi connectivity index (χ2n) is 6.22. The first-order valence-electron chi connectivity index (χ1n) is 8.07. The average Bonchev–Trinajstić information content (AvgIpc) is 3.10. The minimum Gasteiger partial charge on any atom is -0.353 e. The van der Waals surface area contributed by atoms with E-state index in [9.17, 15) is 0 Å². The van der Waals surface area contributed by atoms with E-state index in [0.29, 0.717) is 12.1 Å². The maximum atomic E-state index is 4.71. The van der Waals surface area contributed by atoms with Crippen molar-refractivity contribution >= 4 is 17.3 Å². The minimum absolute atomic E-state index is 0.441. The maximum Gasteiger partial charge on any atom is 0.203 e. The summed E-state index contributed by atoms with van der Waals surface area (Å²) in [5.74, 6) is 1.06. The molecule has 2 heterocycles. The highest BCUT2D eigenvalue weighted by molar-refractivity contribution is 7.09. The van der Waals surface area contributed by atoms with Crippen LogP contribution in [0.2, 0.25) is 0 Å². The molecule has 1 unspecified atom stereocenters. The number of nitrogens with one attached hydrogen (secondary N) is 1. The van der Waals surface area contributed by atoms with Crippen molar-refractivity contribution in [2.45, 2.75) is 64.5 Å². The standard InChI is InChI=1S/C17H25N3S/c1-13-12-20(14(2)11-16-9-6-10-21-16)17(18-13)19-15-7-4-3-5-8-15/h6,9-10,12,14-15H,3-5,7-8,11H2,1-2H3,(H,18,19). The number of aromatic nitrogens is 2. The van der Waals surface area contributed by atoms with Crippen LogP contribution in [-0.2, 0) is 6.42 Å². The van der Waals surface area contributed by atoms with Crippen LogP contribution in [0.3, 0.4) is 0 Å². The Labute approximate surface area is 131 Å². The van der Waals surface area contributed by atoms with Gasteiger partial charge in [-0.1, -0.05) is 25.3 Å². The quantitative estimate of drug-likeness (QED) is 0.859. The predicted molar refractivity (Wildman–Crippen MR) is 90.2 cm³/mol. The second kappa shape index (κ2) is 6.65. The molecule has 1 N–H and O–H groups in total. The summed E-state index contributed by atoms with van der Waals surface area (Å²) in [5.41, 5.74) is 1.10. The zero-order valence-corrected chi connectivity index (χ0v) is 13.8. The van der Waals surface area contributed by atoms with Crippen LogP contribution < -0.4 is 5.32 Å². The van der Waals surface area contributed by atoms with Gasteiger partial charge in [0.05, 0.1) is 5.69 Å². The molecule has 1 saturated carbocycles. The summed E-state index contributed by atoms with van der Waals surface area (Å²) >= 11 is 1.84. The summed E-state index contributed by atoms with van der Waals surface area (Å²) in [6.07, 6.45) is 9.91. The Morgan fingerprint density at radius 1 is 1.38 bits per heavy atom. The summed E-state index contributed by atoms with van der Waals surface area (Å²) in [7, 11) is 0. The molecular weight excluding hydrogens is 278 g/mol. The molecule has 3 rings (SSSR count). The number of hydrogen-bond acceptors (Lipinski definition) is 3. The molecule has 0 bridgehead atoms. The first-order chi connectivity index (χ1) is 10.2. The summed E-state index contributed by atoms with van der Waals surface area (Å²) in [6, 6.07) is 5.40. The molecule has 2 aromatic rings. The van der Waals surface area contributed by atoms with E-state index in [-0.39, 0.29) is 0 Å². The van der Waals surface area contributed by atoms with Crippen molar-refractivity contribution in [2.24, 2.45) is 0 Å². The summed E-state index contributed by atoms with van der Waals surface area (Å²) in [4.78, 5) is 6.15. The number of imidazole rings is 1. The summed E-state index contributed by atoms with van der Waals surface area (Å²) in [6.45, 7) is 4.37. The van der Waals surface area contributed by atoms with Gasteiger partial charge in [0.15, 0.2) is 0 Å². The van der Waals surface area contributed by atoms with Crippen LogP contribution >= 0.6 is 11.3 Å². The average molecular weight is 303 g/mol. The van der Waals surface area contributed by atoms with Crippen molar-refractivity contribution < 1.29 is 0 Å². The van der Waals surface area contributed by atoms with Crippen LogP contribution in [-0.4, -0.2) is 15.6 Å². The van der Waals surface area contributed by atoms with Gasteiger partial charge in [-0.25, -0.2) is 4.98 Å². The lowest BCUT2D eigenvalue weighted by molar-refractivity contribution is 0.455. The highest BCUT2D eigenvalue weighted by atomic mass is 32.1. The molecule has 0 aliphatic heterocycles. The van der Waals surface area contributed by atoms with Crippen molar-refractivity contribution in [3.63, 3.8) is 0 Å². The Hall–Kier alpha value is -1.29. The molecule has 0 amide bonds. The van der Waals surface area contributed by atoms with Crippen LogP contribution in [0.4, 0.5) is 5.95 Å². The minimum atomic E-state index is 0.441. The first kappa shape index (κ1) is 14.6. The number of anilines is 1. The van der Waals surface area contributed by atoms with Gasteiger partial charge < -0.3 is 9.88 Å². The molecule has 21 heavy (non-hydrogen) atoms. The van der Waals surface area contributed by atoms with Gasteiger partial charge in [0, 0.05) is 29.6 Å². The highest BCUT2D eigenvalue weighted by Gasteiger charge is 2.18. The Kier molecular flexibility index (Phi) is 4.63. The third kappa shape index (κ3) is 3.67. The Bertz CT molecular complexity index is 553. The topological polar surface area (TPSA) is 29.9 Å². The fourth-order valence-electron chi connectivity index (χ4n) is 3.21. The normalized spacial score (nSPS) is 17.8. The molecule has 4 heteroatoms. The Balaban J connectivity index is 1.71. The second-order valence-corrected chi connectivity index (χ2v) is 7.26. The molecule has 2 aromatic heterocycles.